The van der Waals surface area contributed by atoms with Gasteiger partial charge in [-0.15, -0.1) is 0 Å². The largest absolute Gasteiger partial charge is 0.478 e. The highest BCUT2D eigenvalue weighted by molar-refractivity contribution is 6.04. The van der Waals surface area contributed by atoms with Gasteiger partial charge in [0.2, 0.25) is 5.91 Å². The SMILES string of the molecule is CCC1(C(=O)Nc2ccc(C)cc2C(=O)O)CCCN1. The molecule has 0 radical (unpaired) electrons. The third kappa shape index (κ3) is 2.67. The van der Waals surface area contributed by atoms with Crippen LogP contribution in [0.5, 0.6) is 0 Å². The minimum Gasteiger partial charge on any atom is -0.478 e. The summed E-state index contributed by atoms with van der Waals surface area (Å²) in [6.07, 6.45) is 2.43. The highest BCUT2D eigenvalue weighted by Crippen LogP contribution is 2.26. The first kappa shape index (κ1) is 14.5. The molecule has 0 saturated carbocycles. The van der Waals surface area contributed by atoms with E-state index in [2.05, 4.69) is 10.6 Å². The lowest BCUT2D eigenvalue weighted by molar-refractivity contribution is -0.122. The van der Waals surface area contributed by atoms with Gasteiger partial charge in [-0.2, -0.15) is 0 Å². The van der Waals surface area contributed by atoms with Crippen LogP contribution in [0, 0.1) is 6.92 Å². The van der Waals surface area contributed by atoms with E-state index < -0.39 is 11.5 Å². The van der Waals surface area contributed by atoms with E-state index in [1.54, 1.807) is 18.2 Å². The molecule has 20 heavy (non-hydrogen) atoms. The molecule has 1 aromatic rings. The van der Waals surface area contributed by atoms with Gasteiger partial charge in [-0.3, -0.25) is 4.79 Å². The Kier molecular flexibility index (Phi) is 4.09. The number of amides is 1. The third-order valence-electron chi connectivity index (χ3n) is 3.94. The molecular formula is C15H20N2O3. The Labute approximate surface area is 118 Å². The summed E-state index contributed by atoms with van der Waals surface area (Å²) < 4.78 is 0. The fraction of sp³-hybridized carbons (Fsp3) is 0.467. The number of carbonyl (C=O) groups is 2. The van der Waals surface area contributed by atoms with E-state index in [4.69, 9.17) is 0 Å². The Hall–Kier alpha value is -1.88. The summed E-state index contributed by atoms with van der Waals surface area (Å²) in [5.74, 6) is -1.18. The van der Waals surface area contributed by atoms with Crippen molar-refractivity contribution in [2.45, 2.75) is 38.6 Å². The molecule has 1 heterocycles. The van der Waals surface area contributed by atoms with Crippen molar-refractivity contribution in [1.82, 2.24) is 5.32 Å². The Bertz CT molecular complexity index is 534. The second-order valence-electron chi connectivity index (χ2n) is 5.27. The van der Waals surface area contributed by atoms with Gasteiger partial charge in [0.15, 0.2) is 0 Å². The van der Waals surface area contributed by atoms with E-state index in [0.29, 0.717) is 12.1 Å². The van der Waals surface area contributed by atoms with Gasteiger partial charge >= 0.3 is 5.97 Å². The zero-order valence-corrected chi connectivity index (χ0v) is 11.8. The van der Waals surface area contributed by atoms with Gasteiger partial charge < -0.3 is 15.7 Å². The molecule has 0 aromatic heterocycles. The van der Waals surface area contributed by atoms with Gasteiger partial charge in [-0.05, 0) is 44.9 Å². The first-order valence-corrected chi connectivity index (χ1v) is 6.89. The average Bonchev–Trinajstić information content (AvgIpc) is 2.90. The van der Waals surface area contributed by atoms with Crippen LogP contribution in [0.4, 0.5) is 5.69 Å². The highest BCUT2D eigenvalue weighted by Gasteiger charge is 2.39. The summed E-state index contributed by atoms with van der Waals surface area (Å²) in [7, 11) is 0. The molecule has 1 fully saturated rings. The van der Waals surface area contributed by atoms with Crippen molar-refractivity contribution in [1.29, 1.82) is 0 Å². The lowest BCUT2D eigenvalue weighted by Gasteiger charge is -2.27. The number of nitrogens with one attached hydrogen (secondary N) is 2. The van der Waals surface area contributed by atoms with Gasteiger partial charge in [0.25, 0.3) is 0 Å². The summed E-state index contributed by atoms with van der Waals surface area (Å²) in [4.78, 5) is 23.7. The summed E-state index contributed by atoms with van der Waals surface area (Å²) >= 11 is 0. The van der Waals surface area contributed by atoms with E-state index >= 15 is 0 Å². The molecule has 108 valence electrons. The quantitative estimate of drug-likeness (QED) is 0.787. The molecule has 0 spiro atoms. The van der Waals surface area contributed by atoms with Crippen molar-refractivity contribution in [3.05, 3.63) is 29.3 Å². The van der Waals surface area contributed by atoms with Crippen LogP contribution in [-0.4, -0.2) is 29.1 Å². The van der Waals surface area contributed by atoms with Crippen LogP contribution >= 0.6 is 0 Å². The number of hydrogen-bond donors (Lipinski definition) is 3. The number of carboxylic acid groups (broad SMARTS) is 1. The fourth-order valence-corrected chi connectivity index (χ4v) is 2.65. The first-order chi connectivity index (χ1) is 9.48. The van der Waals surface area contributed by atoms with Gasteiger partial charge in [0.1, 0.15) is 0 Å². The van der Waals surface area contributed by atoms with Crippen LogP contribution in [0.1, 0.15) is 42.1 Å². The summed E-state index contributed by atoms with van der Waals surface area (Å²) in [5.41, 5.74) is 0.766. The smallest absolute Gasteiger partial charge is 0.337 e. The van der Waals surface area contributed by atoms with Crippen LogP contribution < -0.4 is 10.6 Å². The second kappa shape index (κ2) is 5.63. The second-order valence-corrected chi connectivity index (χ2v) is 5.27. The number of anilines is 1. The van der Waals surface area contributed by atoms with E-state index in [1.165, 1.54) is 0 Å². The molecule has 2 rings (SSSR count). The zero-order valence-electron chi connectivity index (χ0n) is 11.8. The molecule has 1 unspecified atom stereocenters. The lowest BCUT2D eigenvalue weighted by atomic mass is 9.93. The van der Waals surface area contributed by atoms with E-state index in [0.717, 1.165) is 24.9 Å². The van der Waals surface area contributed by atoms with E-state index in [-0.39, 0.29) is 11.5 Å². The Morgan fingerprint density at radius 3 is 2.75 bits per heavy atom. The zero-order chi connectivity index (χ0) is 14.8. The van der Waals surface area contributed by atoms with Crippen molar-refractivity contribution < 1.29 is 14.7 Å². The molecule has 1 aromatic carbocycles. The standard InChI is InChI=1S/C15H20N2O3/c1-3-15(7-4-8-16-15)14(20)17-12-6-5-10(2)9-11(12)13(18)19/h5-6,9,16H,3-4,7-8H2,1-2H3,(H,17,20)(H,18,19). The Morgan fingerprint density at radius 1 is 1.45 bits per heavy atom. The van der Waals surface area contributed by atoms with Crippen molar-refractivity contribution in [3.8, 4) is 0 Å². The molecule has 1 aliphatic heterocycles. The summed E-state index contributed by atoms with van der Waals surface area (Å²) in [6, 6.07) is 5.01. The molecular weight excluding hydrogens is 256 g/mol. The Morgan fingerprint density at radius 2 is 2.20 bits per heavy atom. The molecule has 0 aliphatic carbocycles. The number of rotatable bonds is 4. The molecule has 1 amide bonds. The topological polar surface area (TPSA) is 78.4 Å². The molecule has 1 saturated heterocycles. The minimum absolute atomic E-state index is 0.127. The first-order valence-electron chi connectivity index (χ1n) is 6.89. The number of aromatic carboxylic acids is 1. The maximum absolute atomic E-state index is 12.5. The van der Waals surface area contributed by atoms with Gasteiger partial charge in [-0.25, -0.2) is 4.79 Å². The number of hydrogen-bond acceptors (Lipinski definition) is 3. The molecule has 1 aliphatic rings. The van der Waals surface area contributed by atoms with Crippen LogP contribution in [0.15, 0.2) is 18.2 Å². The average molecular weight is 276 g/mol. The molecule has 3 N–H and O–H groups in total. The predicted octanol–water partition coefficient (Wildman–Crippen LogP) is 2.16. The predicted molar refractivity (Wildman–Crippen MR) is 77.0 cm³/mol. The van der Waals surface area contributed by atoms with Crippen LogP contribution in [-0.2, 0) is 4.79 Å². The molecule has 0 bridgehead atoms. The van der Waals surface area contributed by atoms with Crippen molar-refractivity contribution in [3.63, 3.8) is 0 Å². The third-order valence-corrected chi connectivity index (χ3v) is 3.94. The van der Waals surface area contributed by atoms with Gasteiger partial charge in [-0.1, -0.05) is 18.6 Å². The number of carbonyl (C=O) groups excluding carboxylic acids is 1. The molecule has 1 atom stereocenters. The van der Waals surface area contributed by atoms with E-state index in [9.17, 15) is 14.7 Å². The maximum Gasteiger partial charge on any atom is 0.337 e. The Balaban J connectivity index is 2.25. The minimum atomic E-state index is -1.03. The monoisotopic (exact) mass is 276 g/mol. The van der Waals surface area contributed by atoms with Gasteiger partial charge in [0.05, 0.1) is 16.8 Å². The molecule has 5 heteroatoms. The maximum atomic E-state index is 12.5. The number of benzene rings is 1. The normalized spacial score (nSPS) is 21.7. The number of aryl methyl sites for hydroxylation is 1. The summed E-state index contributed by atoms with van der Waals surface area (Å²) in [5, 5.41) is 15.2. The van der Waals surface area contributed by atoms with Crippen LogP contribution in [0.25, 0.3) is 0 Å². The summed E-state index contributed by atoms with van der Waals surface area (Å²) in [6.45, 7) is 4.61. The van der Waals surface area contributed by atoms with E-state index in [1.807, 2.05) is 13.8 Å². The number of carboxylic acids is 1. The van der Waals surface area contributed by atoms with Crippen molar-refractivity contribution in [2.24, 2.45) is 0 Å². The van der Waals surface area contributed by atoms with Crippen molar-refractivity contribution in [2.75, 3.05) is 11.9 Å². The molecule has 5 nitrogen and oxygen atoms in total. The highest BCUT2D eigenvalue weighted by atomic mass is 16.4. The fourth-order valence-electron chi connectivity index (χ4n) is 2.65. The lowest BCUT2D eigenvalue weighted by Crippen LogP contribution is -2.50. The van der Waals surface area contributed by atoms with Crippen LogP contribution in [0.3, 0.4) is 0 Å². The van der Waals surface area contributed by atoms with Crippen LogP contribution in [0.2, 0.25) is 0 Å². The van der Waals surface area contributed by atoms with Crippen molar-refractivity contribution >= 4 is 17.6 Å². The van der Waals surface area contributed by atoms with Gasteiger partial charge in [0, 0.05) is 0 Å².